The second-order valence-corrected chi connectivity index (χ2v) is 4.74. The highest BCUT2D eigenvalue weighted by Gasteiger charge is 2.26. The first-order valence-corrected chi connectivity index (χ1v) is 6.85. The van der Waals surface area contributed by atoms with E-state index in [1.807, 2.05) is 0 Å². The summed E-state index contributed by atoms with van der Waals surface area (Å²) in [6.45, 7) is 0.209. The zero-order valence-electron chi connectivity index (χ0n) is 12.0. The molecular weight excluding hydrogens is 302 g/mol. The molecule has 0 radical (unpaired) electrons. The Hall–Kier alpha value is -3.23. The van der Waals surface area contributed by atoms with Crippen LogP contribution in [0.2, 0.25) is 0 Å². The first-order valence-electron chi connectivity index (χ1n) is 6.85. The van der Waals surface area contributed by atoms with Gasteiger partial charge in [-0.2, -0.15) is 5.10 Å². The van der Waals surface area contributed by atoms with Gasteiger partial charge in [0, 0.05) is 13.1 Å². The summed E-state index contributed by atoms with van der Waals surface area (Å²) in [4.78, 5) is 39.9. The summed E-state index contributed by atoms with van der Waals surface area (Å²) in [5, 5.41) is 6.47. The lowest BCUT2D eigenvalue weighted by Gasteiger charge is -2.12. The number of aromatic nitrogens is 3. The predicted octanol–water partition coefficient (Wildman–Crippen LogP) is -0.0241. The van der Waals surface area contributed by atoms with E-state index in [0.717, 1.165) is 10.6 Å². The van der Waals surface area contributed by atoms with Crippen LogP contribution in [-0.4, -0.2) is 57.3 Å². The number of benzene rings is 1. The van der Waals surface area contributed by atoms with E-state index in [9.17, 15) is 14.4 Å². The Bertz CT molecular complexity index is 726. The van der Waals surface area contributed by atoms with E-state index in [2.05, 4.69) is 15.4 Å². The zero-order valence-corrected chi connectivity index (χ0v) is 12.0. The molecule has 0 atom stereocenters. The summed E-state index contributed by atoms with van der Waals surface area (Å²) in [5.41, 5.74) is 1.04. The molecule has 1 saturated heterocycles. The smallest absolute Gasteiger partial charge is 0.338 e. The second kappa shape index (κ2) is 6.26. The summed E-state index contributed by atoms with van der Waals surface area (Å²) in [6, 6.07) is 6.02. The first-order chi connectivity index (χ1) is 11.1. The number of nitrogens with zero attached hydrogens (tertiary/aromatic N) is 4. The molecule has 1 aliphatic rings. The van der Waals surface area contributed by atoms with Crippen molar-refractivity contribution >= 4 is 17.9 Å². The lowest BCUT2D eigenvalue weighted by Crippen LogP contribution is -2.37. The zero-order chi connectivity index (χ0) is 16.2. The van der Waals surface area contributed by atoms with Crippen LogP contribution in [0.3, 0.4) is 0 Å². The van der Waals surface area contributed by atoms with Gasteiger partial charge in [0.25, 0.3) is 5.91 Å². The third-order valence-electron chi connectivity index (χ3n) is 3.27. The number of hydrogen-bond acceptors (Lipinski definition) is 6. The van der Waals surface area contributed by atoms with Gasteiger partial charge in [-0.1, -0.05) is 0 Å². The van der Waals surface area contributed by atoms with Crippen LogP contribution in [0.25, 0.3) is 5.69 Å². The molecule has 1 aliphatic heterocycles. The molecule has 3 rings (SSSR count). The number of amides is 3. The van der Waals surface area contributed by atoms with Gasteiger partial charge in [-0.3, -0.25) is 9.69 Å². The number of rotatable bonds is 4. The molecule has 3 amide bonds. The maximum atomic E-state index is 11.9. The second-order valence-electron chi connectivity index (χ2n) is 4.74. The van der Waals surface area contributed by atoms with Gasteiger partial charge in [-0.25, -0.2) is 19.3 Å². The van der Waals surface area contributed by atoms with Crippen LogP contribution in [0.1, 0.15) is 10.4 Å². The molecule has 1 fully saturated rings. The van der Waals surface area contributed by atoms with E-state index in [1.54, 1.807) is 28.9 Å². The van der Waals surface area contributed by atoms with Gasteiger partial charge in [-0.15, -0.1) is 0 Å². The van der Waals surface area contributed by atoms with Crippen LogP contribution in [0.4, 0.5) is 4.79 Å². The van der Waals surface area contributed by atoms with Crippen molar-refractivity contribution in [3.05, 3.63) is 42.5 Å². The normalized spacial score (nSPS) is 13.7. The summed E-state index contributed by atoms with van der Waals surface area (Å²) in [5.74, 6) is -1.18. The molecule has 0 spiro atoms. The Morgan fingerprint density at radius 1 is 1.26 bits per heavy atom. The number of urea groups is 1. The summed E-state index contributed by atoms with van der Waals surface area (Å²) in [7, 11) is 0. The van der Waals surface area contributed by atoms with Crippen LogP contribution < -0.4 is 5.32 Å². The van der Waals surface area contributed by atoms with Crippen molar-refractivity contribution in [1.82, 2.24) is 25.0 Å². The molecule has 0 unspecified atom stereocenters. The van der Waals surface area contributed by atoms with Gasteiger partial charge in [0.2, 0.25) is 0 Å². The Labute approximate surface area is 130 Å². The number of carbonyl (C=O) groups is 3. The minimum atomic E-state index is -0.636. The lowest BCUT2D eigenvalue weighted by molar-refractivity contribution is -0.130. The number of hydrogen-bond donors (Lipinski definition) is 1. The van der Waals surface area contributed by atoms with Crippen LogP contribution >= 0.6 is 0 Å². The van der Waals surface area contributed by atoms with Crippen molar-refractivity contribution in [3.8, 4) is 5.69 Å². The monoisotopic (exact) mass is 315 g/mol. The van der Waals surface area contributed by atoms with Gasteiger partial charge in [-0.05, 0) is 24.3 Å². The Morgan fingerprint density at radius 2 is 2.04 bits per heavy atom. The number of imide groups is 1. The maximum absolute atomic E-state index is 11.9. The van der Waals surface area contributed by atoms with E-state index in [1.165, 1.54) is 12.7 Å². The third kappa shape index (κ3) is 3.18. The van der Waals surface area contributed by atoms with Gasteiger partial charge in [0.15, 0.2) is 6.61 Å². The summed E-state index contributed by atoms with van der Waals surface area (Å²) in [6.07, 6.45) is 2.94. The largest absolute Gasteiger partial charge is 0.452 e. The van der Waals surface area contributed by atoms with Crippen molar-refractivity contribution in [2.75, 3.05) is 19.7 Å². The molecule has 0 bridgehead atoms. The van der Waals surface area contributed by atoms with Gasteiger partial charge in [0.05, 0.1) is 11.3 Å². The molecule has 9 heteroatoms. The number of nitrogens with one attached hydrogen (secondary N) is 1. The molecular formula is C14H13N5O4. The summed E-state index contributed by atoms with van der Waals surface area (Å²) >= 11 is 0. The molecule has 1 aromatic heterocycles. The van der Waals surface area contributed by atoms with E-state index in [0.29, 0.717) is 12.1 Å². The Morgan fingerprint density at radius 3 is 2.65 bits per heavy atom. The van der Waals surface area contributed by atoms with Crippen LogP contribution in [0, 0.1) is 0 Å². The minimum Gasteiger partial charge on any atom is -0.452 e. The van der Waals surface area contributed by atoms with Crippen molar-refractivity contribution < 1.29 is 19.1 Å². The average Bonchev–Trinajstić information content (AvgIpc) is 3.24. The highest BCUT2D eigenvalue weighted by atomic mass is 16.5. The Kier molecular flexibility index (Phi) is 4.00. The molecule has 118 valence electrons. The number of carbonyl (C=O) groups excluding carboxylic acids is 3. The summed E-state index contributed by atoms with van der Waals surface area (Å²) < 4.78 is 6.48. The molecule has 1 N–H and O–H groups in total. The topological polar surface area (TPSA) is 106 Å². The fraction of sp³-hybridized carbons (Fsp3) is 0.214. The third-order valence-corrected chi connectivity index (χ3v) is 3.27. The van der Waals surface area contributed by atoms with Crippen LogP contribution in [-0.2, 0) is 9.53 Å². The number of esters is 1. The highest BCUT2D eigenvalue weighted by molar-refractivity contribution is 5.98. The SMILES string of the molecule is O=C(OCC(=O)N1CCNC1=O)c1ccc(-n2cncn2)cc1. The van der Waals surface area contributed by atoms with E-state index < -0.39 is 24.5 Å². The molecule has 1 aromatic carbocycles. The minimum absolute atomic E-state index is 0.280. The first kappa shape index (κ1) is 14.7. The van der Waals surface area contributed by atoms with Crippen molar-refractivity contribution in [2.24, 2.45) is 0 Å². The van der Waals surface area contributed by atoms with Gasteiger partial charge < -0.3 is 10.1 Å². The fourth-order valence-electron chi connectivity index (χ4n) is 2.09. The van der Waals surface area contributed by atoms with Crippen molar-refractivity contribution in [1.29, 1.82) is 0 Å². The number of ether oxygens (including phenoxy) is 1. The van der Waals surface area contributed by atoms with E-state index in [4.69, 9.17) is 4.74 Å². The van der Waals surface area contributed by atoms with Crippen molar-refractivity contribution in [3.63, 3.8) is 0 Å². The molecule has 23 heavy (non-hydrogen) atoms. The lowest BCUT2D eigenvalue weighted by atomic mass is 10.2. The molecule has 0 aliphatic carbocycles. The maximum Gasteiger partial charge on any atom is 0.338 e. The fourth-order valence-corrected chi connectivity index (χ4v) is 2.09. The molecule has 2 heterocycles. The average molecular weight is 315 g/mol. The van der Waals surface area contributed by atoms with Crippen LogP contribution in [0.15, 0.2) is 36.9 Å². The predicted molar refractivity (Wildman–Crippen MR) is 76.8 cm³/mol. The van der Waals surface area contributed by atoms with Crippen LogP contribution in [0.5, 0.6) is 0 Å². The quantitative estimate of drug-likeness (QED) is 0.795. The van der Waals surface area contributed by atoms with Gasteiger partial charge >= 0.3 is 12.0 Å². The van der Waals surface area contributed by atoms with Gasteiger partial charge in [0.1, 0.15) is 12.7 Å². The van der Waals surface area contributed by atoms with Crippen molar-refractivity contribution in [2.45, 2.75) is 0 Å². The molecule has 9 nitrogen and oxygen atoms in total. The molecule has 0 saturated carbocycles. The molecule has 2 aromatic rings. The highest BCUT2D eigenvalue weighted by Crippen LogP contribution is 2.09. The van der Waals surface area contributed by atoms with E-state index >= 15 is 0 Å². The van der Waals surface area contributed by atoms with E-state index in [-0.39, 0.29) is 6.54 Å². The standard InChI is InChI=1S/C14H13N5O4/c20-12(18-6-5-16-14(18)22)7-23-13(21)10-1-3-11(4-2-10)19-9-15-8-17-19/h1-4,8-9H,5-7H2,(H,16,22). The Balaban J connectivity index is 1.58.